The third kappa shape index (κ3) is 7.18. The minimum atomic E-state index is -2.83. The molecule has 1 aromatic rings. The minimum Gasteiger partial charge on any atom is -0.356 e. The summed E-state index contributed by atoms with van der Waals surface area (Å²) >= 11 is 0. The summed E-state index contributed by atoms with van der Waals surface area (Å²) in [6.45, 7) is 3.37. The van der Waals surface area contributed by atoms with Gasteiger partial charge in [0.2, 0.25) is 0 Å². The van der Waals surface area contributed by atoms with E-state index in [2.05, 4.69) is 25.8 Å². The first-order valence-corrected chi connectivity index (χ1v) is 10.9. The summed E-state index contributed by atoms with van der Waals surface area (Å²) in [7, 11) is 0.504. The molecule has 1 heterocycles. The Labute approximate surface area is 161 Å². The molecule has 0 atom stereocenters. The second-order valence-electron chi connectivity index (χ2n) is 6.45. The van der Waals surface area contributed by atoms with Crippen LogP contribution >= 0.6 is 0 Å². The molecule has 0 aliphatic carbocycles. The van der Waals surface area contributed by atoms with Crippen LogP contribution in [0.5, 0.6) is 0 Å². The lowest BCUT2D eigenvalue weighted by molar-refractivity contribution is 0.0963. The third-order valence-corrected chi connectivity index (χ3v) is 6.11. The smallest absolute Gasteiger partial charge is 0.251 e. The Morgan fingerprint density at radius 2 is 1.89 bits per heavy atom. The molecule has 2 rings (SSSR count). The minimum absolute atomic E-state index is 0.0900. The van der Waals surface area contributed by atoms with Gasteiger partial charge in [0.1, 0.15) is 0 Å². The van der Waals surface area contributed by atoms with Crippen LogP contribution in [0, 0.1) is 0 Å². The fourth-order valence-corrected chi connectivity index (χ4v) is 4.14. The first kappa shape index (κ1) is 21.2. The van der Waals surface area contributed by atoms with Gasteiger partial charge >= 0.3 is 0 Å². The van der Waals surface area contributed by atoms with Crippen LogP contribution in [-0.4, -0.2) is 83.5 Å². The Morgan fingerprint density at radius 3 is 2.56 bits per heavy atom. The van der Waals surface area contributed by atoms with E-state index in [0.29, 0.717) is 37.7 Å². The molecule has 9 heteroatoms. The number of nitrogens with zero attached hydrogens (tertiary/aromatic N) is 2. The Bertz CT molecular complexity index is 750. The molecular weight excluding hydrogens is 366 g/mol. The zero-order chi connectivity index (χ0) is 19.7. The van der Waals surface area contributed by atoms with E-state index in [4.69, 9.17) is 0 Å². The average molecular weight is 396 g/mol. The number of nitrogens with one attached hydrogen (secondary N) is 3. The van der Waals surface area contributed by atoms with Crippen LogP contribution in [-0.2, 0) is 16.3 Å². The number of rotatable bonds is 7. The Kier molecular flexibility index (Phi) is 8.05. The van der Waals surface area contributed by atoms with Crippen LogP contribution in [0.2, 0.25) is 0 Å². The monoisotopic (exact) mass is 395 g/mol. The summed E-state index contributed by atoms with van der Waals surface area (Å²) in [5, 5.41) is 9.13. The SMILES string of the molecule is CN=C(NCCc1cccc(C(=O)NC)c1)NCCN1CCS(=O)(=O)CC1. The van der Waals surface area contributed by atoms with Crippen molar-refractivity contribution in [1.29, 1.82) is 0 Å². The number of aliphatic imine (C=N–C) groups is 1. The zero-order valence-electron chi connectivity index (χ0n) is 16.0. The van der Waals surface area contributed by atoms with Gasteiger partial charge in [-0.2, -0.15) is 0 Å². The maximum atomic E-state index is 11.7. The first-order valence-electron chi connectivity index (χ1n) is 9.12. The highest BCUT2D eigenvalue weighted by molar-refractivity contribution is 7.91. The number of sulfone groups is 1. The van der Waals surface area contributed by atoms with Crippen LogP contribution in [0.25, 0.3) is 0 Å². The van der Waals surface area contributed by atoms with E-state index < -0.39 is 9.84 Å². The predicted octanol–water partition coefficient (Wildman–Crippen LogP) is -0.516. The highest BCUT2D eigenvalue weighted by Gasteiger charge is 2.20. The summed E-state index contributed by atoms with van der Waals surface area (Å²) in [5.41, 5.74) is 1.73. The first-order chi connectivity index (χ1) is 12.9. The van der Waals surface area contributed by atoms with E-state index in [1.165, 1.54) is 0 Å². The predicted molar refractivity (Wildman–Crippen MR) is 108 cm³/mol. The highest BCUT2D eigenvalue weighted by atomic mass is 32.2. The van der Waals surface area contributed by atoms with Gasteiger partial charge in [-0.1, -0.05) is 12.1 Å². The van der Waals surface area contributed by atoms with Crippen molar-refractivity contribution >= 4 is 21.7 Å². The lowest BCUT2D eigenvalue weighted by atomic mass is 10.1. The van der Waals surface area contributed by atoms with Gasteiger partial charge < -0.3 is 16.0 Å². The topological polar surface area (TPSA) is 103 Å². The molecule has 0 radical (unpaired) electrons. The highest BCUT2D eigenvalue weighted by Crippen LogP contribution is 2.06. The number of hydrogen-bond acceptors (Lipinski definition) is 5. The molecule has 150 valence electrons. The fraction of sp³-hybridized carbons (Fsp3) is 0.556. The molecule has 27 heavy (non-hydrogen) atoms. The number of guanidine groups is 1. The van der Waals surface area contributed by atoms with Crippen molar-refractivity contribution in [2.24, 2.45) is 4.99 Å². The van der Waals surface area contributed by atoms with Gasteiger partial charge in [0, 0.05) is 52.4 Å². The summed E-state index contributed by atoms with van der Waals surface area (Å²) < 4.78 is 22.9. The average Bonchev–Trinajstić information content (AvgIpc) is 2.67. The van der Waals surface area contributed by atoms with Crippen LogP contribution in [0.4, 0.5) is 0 Å². The molecule has 1 fully saturated rings. The number of hydrogen-bond donors (Lipinski definition) is 3. The maximum absolute atomic E-state index is 11.7. The molecular formula is C18H29N5O3S. The Morgan fingerprint density at radius 1 is 1.19 bits per heavy atom. The molecule has 0 aromatic heterocycles. The quantitative estimate of drug-likeness (QED) is 0.424. The number of benzene rings is 1. The molecule has 3 N–H and O–H groups in total. The standard InChI is InChI=1S/C18H29N5O3S/c1-19-17(24)16-5-3-4-15(14-16)6-7-21-18(20-2)22-8-9-23-10-12-27(25,26)13-11-23/h3-5,14H,6-13H2,1-2H3,(H,19,24)(H2,20,21,22). The van der Waals surface area contributed by atoms with Crippen LogP contribution in [0.1, 0.15) is 15.9 Å². The Balaban J connectivity index is 1.69. The maximum Gasteiger partial charge on any atom is 0.251 e. The van der Waals surface area contributed by atoms with Crippen molar-refractivity contribution in [3.63, 3.8) is 0 Å². The van der Waals surface area contributed by atoms with Gasteiger partial charge in [-0.3, -0.25) is 14.7 Å². The molecule has 1 aliphatic rings. The normalized spacial score (nSPS) is 17.3. The lowest BCUT2D eigenvalue weighted by Gasteiger charge is -2.26. The molecule has 1 saturated heterocycles. The molecule has 0 bridgehead atoms. The van der Waals surface area contributed by atoms with E-state index >= 15 is 0 Å². The summed E-state index contributed by atoms with van der Waals surface area (Å²) in [5.74, 6) is 1.11. The van der Waals surface area contributed by atoms with Crippen molar-refractivity contribution in [3.8, 4) is 0 Å². The molecule has 1 aliphatic heterocycles. The van der Waals surface area contributed by atoms with E-state index in [9.17, 15) is 13.2 Å². The van der Waals surface area contributed by atoms with E-state index in [0.717, 1.165) is 18.5 Å². The van der Waals surface area contributed by atoms with E-state index in [1.54, 1.807) is 20.2 Å². The molecule has 8 nitrogen and oxygen atoms in total. The van der Waals surface area contributed by atoms with Gasteiger partial charge in [-0.25, -0.2) is 8.42 Å². The van der Waals surface area contributed by atoms with E-state index in [1.807, 2.05) is 18.2 Å². The van der Waals surface area contributed by atoms with Crippen molar-refractivity contribution in [2.75, 3.05) is 58.3 Å². The molecule has 1 amide bonds. The number of amides is 1. The van der Waals surface area contributed by atoms with Crippen molar-refractivity contribution in [2.45, 2.75) is 6.42 Å². The van der Waals surface area contributed by atoms with Crippen LogP contribution in [0.15, 0.2) is 29.3 Å². The summed E-state index contributed by atoms with van der Waals surface area (Å²) in [4.78, 5) is 18.0. The van der Waals surface area contributed by atoms with Crippen molar-refractivity contribution < 1.29 is 13.2 Å². The van der Waals surface area contributed by atoms with Gasteiger partial charge in [0.05, 0.1) is 11.5 Å². The van der Waals surface area contributed by atoms with Crippen LogP contribution < -0.4 is 16.0 Å². The molecule has 0 spiro atoms. The summed E-state index contributed by atoms with van der Waals surface area (Å²) in [6.07, 6.45) is 0.773. The van der Waals surface area contributed by atoms with Gasteiger partial charge in [-0.15, -0.1) is 0 Å². The second-order valence-corrected chi connectivity index (χ2v) is 8.75. The summed E-state index contributed by atoms with van der Waals surface area (Å²) in [6, 6.07) is 7.56. The van der Waals surface area contributed by atoms with Crippen LogP contribution in [0.3, 0.4) is 0 Å². The third-order valence-electron chi connectivity index (χ3n) is 4.50. The van der Waals surface area contributed by atoms with E-state index in [-0.39, 0.29) is 17.4 Å². The van der Waals surface area contributed by atoms with Crippen molar-refractivity contribution in [3.05, 3.63) is 35.4 Å². The lowest BCUT2D eigenvalue weighted by Crippen LogP contribution is -2.46. The number of carbonyl (C=O) groups is 1. The molecule has 0 saturated carbocycles. The zero-order valence-corrected chi connectivity index (χ0v) is 16.8. The molecule has 1 aromatic carbocycles. The fourth-order valence-electron chi connectivity index (χ4n) is 2.86. The van der Waals surface area contributed by atoms with Gasteiger partial charge in [0.25, 0.3) is 5.91 Å². The second kappa shape index (κ2) is 10.3. The van der Waals surface area contributed by atoms with Gasteiger partial charge in [0.15, 0.2) is 15.8 Å². The van der Waals surface area contributed by atoms with Crippen molar-refractivity contribution in [1.82, 2.24) is 20.9 Å². The Hall–Kier alpha value is -2.13. The largest absolute Gasteiger partial charge is 0.356 e. The molecule has 0 unspecified atom stereocenters. The van der Waals surface area contributed by atoms with Gasteiger partial charge in [-0.05, 0) is 24.1 Å². The number of carbonyl (C=O) groups excluding carboxylic acids is 1.